The molecule has 0 aliphatic heterocycles. The van der Waals surface area contributed by atoms with Crippen molar-refractivity contribution >= 4 is 11.9 Å². The summed E-state index contributed by atoms with van der Waals surface area (Å²) in [5, 5.41) is 8.99. The number of amides is 1. The Morgan fingerprint density at radius 3 is 2.80 bits per heavy atom. The SMILES string of the molecule is CC(CN(CCCn1ccnc1)C(=O)C1CC1)C(=O)O. The molecule has 1 heterocycles. The summed E-state index contributed by atoms with van der Waals surface area (Å²) in [6, 6.07) is 0. The van der Waals surface area contributed by atoms with Gasteiger partial charge in [-0.1, -0.05) is 6.92 Å². The highest BCUT2D eigenvalue weighted by molar-refractivity contribution is 5.81. The molecule has 1 amide bonds. The molecule has 1 saturated carbocycles. The van der Waals surface area contributed by atoms with Crippen LogP contribution < -0.4 is 0 Å². The fourth-order valence-electron chi connectivity index (χ4n) is 2.15. The van der Waals surface area contributed by atoms with Crippen LogP contribution in [0.2, 0.25) is 0 Å². The van der Waals surface area contributed by atoms with Gasteiger partial charge in [0.1, 0.15) is 0 Å². The van der Waals surface area contributed by atoms with Crippen molar-refractivity contribution in [2.24, 2.45) is 11.8 Å². The summed E-state index contributed by atoms with van der Waals surface area (Å²) in [7, 11) is 0. The lowest BCUT2D eigenvalue weighted by molar-refractivity contribution is -0.143. The average molecular weight is 279 g/mol. The molecule has 20 heavy (non-hydrogen) atoms. The van der Waals surface area contributed by atoms with E-state index in [-0.39, 0.29) is 11.8 Å². The Labute approximate surface area is 118 Å². The first-order valence-electron chi connectivity index (χ1n) is 7.05. The highest BCUT2D eigenvalue weighted by atomic mass is 16.4. The van der Waals surface area contributed by atoms with Gasteiger partial charge in [0.25, 0.3) is 0 Å². The fourth-order valence-corrected chi connectivity index (χ4v) is 2.15. The van der Waals surface area contributed by atoms with Gasteiger partial charge in [0.2, 0.25) is 5.91 Å². The quantitative estimate of drug-likeness (QED) is 0.776. The van der Waals surface area contributed by atoms with Crippen LogP contribution in [-0.4, -0.2) is 44.5 Å². The summed E-state index contributed by atoms with van der Waals surface area (Å²) >= 11 is 0. The summed E-state index contributed by atoms with van der Waals surface area (Å²) in [6.07, 6.45) is 8.04. The van der Waals surface area contributed by atoms with Crippen molar-refractivity contribution in [2.45, 2.75) is 32.7 Å². The zero-order valence-electron chi connectivity index (χ0n) is 11.7. The maximum atomic E-state index is 12.2. The predicted molar refractivity (Wildman–Crippen MR) is 72.9 cm³/mol. The molecule has 0 spiro atoms. The second-order valence-corrected chi connectivity index (χ2v) is 5.45. The minimum atomic E-state index is -0.854. The van der Waals surface area contributed by atoms with Crippen molar-refractivity contribution in [3.63, 3.8) is 0 Å². The van der Waals surface area contributed by atoms with E-state index in [0.29, 0.717) is 13.1 Å². The van der Waals surface area contributed by atoms with Crippen LogP contribution in [0, 0.1) is 11.8 Å². The second-order valence-electron chi connectivity index (χ2n) is 5.45. The molecule has 0 saturated heterocycles. The van der Waals surface area contributed by atoms with Crippen molar-refractivity contribution in [1.82, 2.24) is 14.5 Å². The van der Waals surface area contributed by atoms with Gasteiger partial charge in [-0.2, -0.15) is 0 Å². The van der Waals surface area contributed by atoms with Gasteiger partial charge in [0.05, 0.1) is 12.2 Å². The molecule has 1 aromatic rings. The zero-order chi connectivity index (χ0) is 14.5. The van der Waals surface area contributed by atoms with Crippen molar-refractivity contribution in [1.29, 1.82) is 0 Å². The number of carboxylic acid groups (broad SMARTS) is 1. The number of carbonyl (C=O) groups excluding carboxylic acids is 1. The Balaban J connectivity index is 1.84. The van der Waals surface area contributed by atoms with E-state index in [1.54, 1.807) is 24.3 Å². The first-order valence-corrected chi connectivity index (χ1v) is 7.05. The first kappa shape index (κ1) is 14.6. The summed E-state index contributed by atoms with van der Waals surface area (Å²) in [4.78, 5) is 28.8. The lowest BCUT2D eigenvalue weighted by Gasteiger charge is -2.24. The van der Waals surface area contributed by atoms with Crippen molar-refractivity contribution in [3.05, 3.63) is 18.7 Å². The molecule has 1 aliphatic rings. The lowest BCUT2D eigenvalue weighted by atomic mass is 10.1. The van der Waals surface area contributed by atoms with Gasteiger partial charge in [0, 0.05) is 37.9 Å². The fraction of sp³-hybridized carbons (Fsp3) is 0.643. The Morgan fingerprint density at radius 1 is 1.50 bits per heavy atom. The van der Waals surface area contributed by atoms with Crippen LogP contribution in [-0.2, 0) is 16.1 Å². The molecule has 1 aliphatic carbocycles. The van der Waals surface area contributed by atoms with Crippen LogP contribution in [0.3, 0.4) is 0 Å². The minimum Gasteiger partial charge on any atom is -0.481 e. The molecule has 0 bridgehead atoms. The number of aryl methyl sites for hydroxylation is 1. The molecular weight excluding hydrogens is 258 g/mol. The van der Waals surface area contributed by atoms with E-state index in [9.17, 15) is 9.59 Å². The van der Waals surface area contributed by atoms with Gasteiger partial charge in [-0.05, 0) is 19.3 Å². The first-order chi connectivity index (χ1) is 9.58. The summed E-state index contributed by atoms with van der Waals surface area (Å²) in [5.74, 6) is -1.13. The molecule has 6 nitrogen and oxygen atoms in total. The van der Waals surface area contributed by atoms with Crippen LogP contribution in [0.1, 0.15) is 26.2 Å². The average Bonchev–Trinajstić information content (AvgIpc) is 3.14. The maximum absolute atomic E-state index is 12.2. The Kier molecular flexibility index (Phi) is 4.76. The van der Waals surface area contributed by atoms with Crippen LogP contribution in [0.5, 0.6) is 0 Å². The highest BCUT2D eigenvalue weighted by Crippen LogP contribution is 2.31. The number of nitrogens with zero attached hydrogens (tertiary/aromatic N) is 3. The van der Waals surface area contributed by atoms with Gasteiger partial charge >= 0.3 is 5.97 Å². The van der Waals surface area contributed by atoms with Crippen LogP contribution in [0.4, 0.5) is 0 Å². The van der Waals surface area contributed by atoms with E-state index >= 15 is 0 Å². The standard InChI is InChI=1S/C14H21N3O3/c1-11(14(19)20)9-17(13(18)12-3-4-12)7-2-6-16-8-5-15-10-16/h5,8,10-12H,2-4,6-7,9H2,1H3,(H,19,20). The Morgan fingerprint density at radius 2 is 2.25 bits per heavy atom. The number of carbonyl (C=O) groups is 2. The van der Waals surface area contributed by atoms with Gasteiger partial charge in [-0.15, -0.1) is 0 Å². The molecule has 1 unspecified atom stereocenters. The van der Waals surface area contributed by atoms with Crippen molar-refractivity contribution in [2.75, 3.05) is 13.1 Å². The maximum Gasteiger partial charge on any atom is 0.308 e. The number of rotatable bonds is 8. The van der Waals surface area contributed by atoms with Gasteiger partial charge in [-0.25, -0.2) is 4.98 Å². The molecule has 1 aromatic heterocycles. The smallest absolute Gasteiger partial charge is 0.308 e. The predicted octanol–water partition coefficient (Wildman–Crippen LogP) is 1.23. The van der Waals surface area contributed by atoms with Crippen LogP contribution in [0.15, 0.2) is 18.7 Å². The largest absolute Gasteiger partial charge is 0.481 e. The molecule has 1 atom stereocenters. The summed E-state index contributed by atoms with van der Waals surface area (Å²) < 4.78 is 1.96. The van der Waals surface area contributed by atoms with Crippen LogP contribution in [0.25, 0.3) is 0 Å². The molecule has 1 fully saturated rings. The van der Waals surface area contributed by atoms with Gasteiger partial charge < -0.3 is 14.6 Å². The number of aromatic nitrogens is 2. The Hall–Kier alpha value is -1.85. The third kappa shape index (κ3) is 4.08. The van der Waals surface area contributed by atoms with E-state index in [0.717, 1.165) is 25.8 Å². The molecule has 110 valence electrons. The van der Waals surface area contributed by atoms with Crippen molar-refractivity contribution in [3.8, 4) is 0 Å². The lowest BCUT2D eigenvalue weighted by Crippen LogP contribution is -2.38. The van der Waals surface area contributed by atoms with Gasteiger partial charge in [-0.3, -0.25) is 9.59 Å². The molecule has 6 heteroatoms. The highest BCUT2D eigenvalue weighted by Gasteiger charge is 2.34. The van der Waals surface area contributed by atoms with E-state index in [4.69, 9.17) is 5.11 Å². The Bertz CT molecular complexity index is 454. The monoisotopic (exact) mass is 279 g/mol. The third-order valence-electron chi connectivity index (χ3n) is 3.56. The van der Waals surface area contributed by atoms with Crippen LogP contribution >= 0.6 is 0 Å². The minimum absolute atomic E-state index is 0.115. The summed E-state index contributed by atoms with van der Waals surface area (Å²) in [6.45, 7) is 3.33. The normalized spacial score (nSPS) is 15.8. The van der Waals surface area contributed by atoms with E-state index < -0.39 is 11.9 Å². The zero-order valence-corrected chi connectivity index (χ0v) is 11.7. The van der Waals surface area contributed by atoms with E-state index in [2.05, 4.69) is 4.98 Å². The van der Waals surface area contributed by atoms with E-state index in [1.807, 2.05) is 10.8 Å². The number of hydrogen-bond donors (Lipinski definition) is 1. The second kappa shape index (κ2) is 6.54. The number of aliphatic carboxylic acids is 1. The molecular formula is C14H21N3O3. The molecule has 2 rings (SSSR count). The van der Waals surface area contributed by atoms with Gasteiger partial charge in [0.15, 0.2) is 0 Å². The number of hydrogen-bond acceptors (Lipinski definition) is 3. The number of imidazole rings is 1. The molecule has 0 radical (unpaired) electrons. The third-order valence-corrected chi connectivity index (χ3v) is 3.56. The van der Waals surface area contributed by atoms with E-state index in [1.165, 1.54) is 0 Å². The van der Waals surface area contributed by atoms with Crippen molar-refractivity contribution < 1.29 is 14.7 Å². The number of carboxylic acids is 1. The topological polar surface area (TPSA) is 75.4 Å². The summed E-state index contributed by atoms with van der Waals surface area (Å²) in [5.41, 5.74) is 0. The molecule has 1 N–H and O–H groups in total. The molecule has 0 aromatic carbocycles.